The van der Waals surface area contributed by atoms with Crippen molar-refractivity contribution in [2.75, 3.05) is 18.8 Å². The zero-order valence-electron chi connectivity index (χ0n) is 20.0. The molecule has 2 N–H and O–H groups in total. The topological polar surface area (TPSA) is 123 Å². The number of benzene rings is 2. The zero-order chi connectivity index (χ0) is 27.8. The predicted octanol–water partition coefficient (Wildman–Crippen LogP) is 4.64. The van der Waals surface area contributed by atoms with E-state index in [-0.39, 0.29) is 59.1 Å². The summed E-state index contributed by atoms with van der Waals surface area (Å²) in [6, 6.07) is 4.61. The van der Waals surface area contributed by atoms with Crippen LogP contribution in [0.5, 0.6) is 11.5 Å². The molecule has 1 unspecified atom stereocenters. The summed E-state index contributed by atoms with van der Waals surface area (Å²) in [5, 5.41) is 13.6. The highest BCUT2D eigenvalue weighted by atomic mass is 19.2. The van der Waals surface area contributed by atoms with Gasteiger partial charge in [0, 0.05) is 30.8 Å². The number of carbonyl (C=O) groups excluding carboxylic acids is 1. The second-order valence-corrected chi connectivity index (χ2v) is 8.76. The van der Waals surface area contributed by atoms with Crippen LogP contribution in [0, 0.1) is 40.4 Å². The van der Waals surface area contributed by atoms with Crippen LogP contribution in [0.25, 0.3) is 22.3 Å². The largest absolute Gasteiger partial charge is 0.451 e. The Hall–Kier alpha value is -4.80. The predicted molar refractivity (Wildman–Crippen MR) is 127 cm³/mol. The van der Waals surface area contributed by atoms with Crippen molar-refractivity contribution in [2.24, 2.45) is 0 Å². The van der Waals surface area contributed by atoms with Gasteiger partial charge in [0.05, 0.1) is 17.5 Å². The minimum absolute atomic E-state index is 0.00794. The Morgan fingerprint density at radius 3 is 2.54 bits per heavy atom. The summed E-state index contributed by atoms with van der Waals surface area (Å²) in [5.74, 6) is -9.96. The van der Waals surface area contributed by atoms with Crippen LogP contribution in [0.4, 0.5) is 27.8 Å². The SMILES string of the molecule is N#CCC(=O)N1CCCC(n2nc(-c3ccc(Oc4c(F)c(F)cc(F)c4F)cc3F)c3c(N)ncnc32)C1. The maximum atomic E-state index is 15.3. The molecule has 1 aliphatic heterocycles. The third-order valence-electron chi connectivity index (χ3n) is 6.33. The van der Waals surface area contributed by atoms with Gasteiger partial charge in [0.25, 0.3) is 0 Å². The van der Waals surface area contributed by atoms with Gasteiger partial charge in [-0.15, -0.1) is 0 Å². The highest BCUT2D eigenvalue weighted by Crippen LogP contribution is 2.37. The standard InChI is InChI=1S/C25H18F5N7O2/c26-15-8-13(39-23-20(29)16(27)9-17(28)21(23)30)3-4-14(15)22-19-24(32)33-11-34-25(19)37(35-22)12-2-1-7-36(10-12)18(38)5-6-31/h3-4,8-9,11-12H,1-2,5,7,10H2,(H2,32,33,34). The van der Waals surface area contributed by atoms with Gasteiger partial charge in [-0.2, -0.15) is 19.1 Å². The summed E-state index contributed by atoms with van der Waals surface area (Å²) in [7, 11) is 0. The van der Waals surface area contributed by atoms with E-state index in [0.717, 1.165) is 12.1 Å². The van der Waals surface area contributed by atoms with E-state index >= 15 is 4.39 Å². The summed E-state index contributed by atoms with van der Waals surface area (Å²) in [4.78, 5) is 22.1. The minimum Gasteiger partial charge on any atom is -0.451 e. The van der Waals surface area contributed by atoms with Crippen molar-refractivity contribution >= 4 is 22.8 Å². The molecule has 1 atom stereocenters. The average Bonchev–Trinajstić information content (AvgIpc) is 3.31. The number of halogens is 5. The van der Waals surface area contributed by atoms with Crippen molar-refractivity contribution < 1.29 is 31.5 Å². The molecule has 3 heterocycles. The summed E-state index contributed by atoms with van der Waals surface area (Å²) >= 11 is 0. The Labute approximate surface area is 217 Å². The highest BCUT2D eigenvalue weighted by molar-refractivity contribution is 5.98. The molecule has 39 heavy (non-hydrogen) atoms. The first-order valence-electron chi connectivity index (χ1n) is 11.6. The van der Waals surface area contributed by atoms with Crippen LogP contribution < -0.4 is 10.5 Å². The molecule has 14 heteroatoms. The fourth-order valence-corrected chi connectivity index (χ4v) is 4.51. The quantitative estimate of drug-likeness (QED) is 0.287. The molecule has 2 aromatic heterocycles. The Kier molecular flexibility index (Phi) is 6.73. The number of aromatic nitrogens is 4. The molecule has 5 rings (SSSR count). The lowest BCUT2D eigenvalue weighted by molar-refractivity contribution is -0.131. The van der Waals surface area contributed by atoms with E-state index in [2.05, 4.69) is 15.1 Å². The molecule has 0 bridgehead atoms. The number of rotatable bonds is 5. The highest BCUT2D eigenvalue weighted by Gasteiger charge is 2.29. The second-order valence-electron chi connectivity index (χ2n) is 8.76. The van der Waals surface area contributed by atoms with Crippen LogP contribution >= 0.6 is 0 Å². The molecule has 1 aliphatic rings. The number of hydrogen-bond acceptors (Lipinski definition) is 7. The van der Waals surface area contributed by atoms with Crippen molar-refractivity contribution in [1.29, 1.82) is 5.26 Å². The normalized spacial score (nSPS) is 15.4. The van der Waals surface area contributed by atoms with Gasteiger partial charge >= 0.3 is 0 Å². The Bertz CT molecular complexity index is 1630. The Balaban J connectivity index is 1.53. The smallest absolute Gasteiger partial charge is 0.236 e. The van der Waals surface area contributed by atoms with Crippen molar-refractivity contribution in [2.45, 2.75) is 25.3 Å². The molecular weight excluding hydrogens is 525 g/mol. The Morgan fingerprint density at radius 1 is 1.10 bits per heavy atom. The number of nitrogens with two attached hydrogens (primary N) is 1. The fraction of sp³-hybridized carbons (Fsp3) is 0.240. The maximum absolute atomic E-state index is 15.3. The van der Waals surface area contributed by atoms with Crippen molar-refractivity contribution in [1.82, 2.24) is 24.6 Å². The molecule has 4 aromatic rings. The van der Waals surface area contributed by atoms with E-state index in [1.807, 2.05) is 6.07 Å². The first-order valence-corrected chi connectivity index (χ1v) is 11.6. The molecule has 1 saturated heterocycles. The third kappa shape index (κ3) is 4.67. The van der Waals surface area contributed by atoms with Crippen LogP contribution in [0.1, 0.15) is 25.3 Å². The average molecular weight is 543 g/mol. The van der Waals surface area contributed by atoms with Gasteiger partial charge in [-0.3, -0.25) is 4.79 Å². The maximum Gasteiger partial charge on any atom is 0.236 e. The molecule has 1 fully saturated rings. The number of piperidine rings is 1. The summed E-state index contributed by atoms with van der Waals surface area (Å²) < 4.78 is 76.9. The summed E-state index contributed by atoms with van der Waals surface area (Å²) in [5.41, 5.74) is 6.34. The molecule has 0 saturated carbocycles. The Morgan fingerprint density at radius 2 is 1.85 bits per heavy atom. The number of amides is 1. The van der Waals surface area contributed by atoms with Crippen LogP contribution in [-0.4, -0.2) is 43.6 Å². The van der Waals surface area contributed by atoms with Crippen molar-refractivity contribution in [3.05, 3.63) is 59.7 Å². The van der Waals surface area contributed by atoms with E-state index in [0.29, 0.717) is 19.4 Å². The van der Waals surface area contributed by atoms with Crippen LogP contribution in [0.3, 0.4) is 0 Å². The molecule has 0 aliphatic carbocycles. The number of nitrogen functional groups attached to an aromatic ring is 1. The lowest BCUT2D eigenvalue weighted by Crippen LogP contribution is -2.40. The summed E-state index contributed by atoms with van der Waals surface area (Å²) in [6.07, 6.45) is 2.21. The van der Waals surface area contributed by atoms with Gasteiger partial charge in [-0.1, -0.05) is 0 Å². The lowest BCUT2D eigenvalue weighted by atomic mass is 10.1. The fourth-order valence-electron chi connectivity index (χ4n) is 4.51. The van der Waals surface area contributed by atoms with Crippen molar-refractivity contribution in [3.63, 3.8) is 0 Å². The molecule has 1 amide bonds. The van der Waals surface area contributed by atoms with Gasteiger partial charge in [-0.05, 0) is 25.0 Å². The van der Waals surface area contributed by atoms with E-state index < -0.39 is 40.6 Å². The molecule has 2 aromatic carbocycles. The van der Waals surface area contributed by atoms with Gasteiger partial charge < -0.3 is 15.4 Å². The molecule has 0 radical (unpaired) electrons. The minimum atomic E-state index is -1.78. The lowest BCUT2D eigenvalue weighted by Gasteiger charge is -2.32. The molecular formula is C25H18F5N7O2. The third-order valence-corrected chi connectivity index (χ3v) is 6.33. The number of nitrogens with zero attached hydrogens (tertiary/aromatic N) is 6. The molecule has 9 nitrogen and oxygen atoms in total. The van der Waals surface area contributed by atoms with Gasteiger partial charge in [0.15, 0.2) is 17.3 Å². The van der Waals surface area contributed by atoms with E-state index in [1.165, 1.54) is 17.1 Å². The number of ether oxygens (including phenoxy) is 1. The van der Waals surface area contributed by atoms with Crippen LogP contribution in [-0.2, 0) is 4.79 Å². The second kappa shape index (κ2) is 10.2. The first kappa shape index (κ1) is 25.8. The number of nitriles is 1. The van der Waals surface area contributed by atoms with E-state index in [4.69, 9.17) is 15.7 Å². The van der Waals surface area contributed by atoms with Gasteiger partial charge in [-0.25, -0.2) is 27.8 Å². The van der Waals surface area contributed by atoms with Crippen LogP contribution in [0.2, 0.25) is 0 Å². The van der Waals surface area contributed by atoms with Crippen molar-refractivity contribution in [3.8, 4) is 28.8 Å². The summed E-state index contributed by atoms with van der Waals surface area (Å²) in [6.45, 7) is 0.726. The number of fused-ring (bicyclic) bond motifs is 1. The van der Waals surface area contributed by atoms with E-state index in [9.17, 15) is 22.4 Å². The van der Waals surface area contributed by atoms with Gasteiger partial charge in [0.2, 0.25) is 23.3 Å². The number of anilines is 1. The molecule has 200 valence electrons. The van der Waals surface area contributed by atoms with Gasteiger partial charge in [0.1, 0.15) is 35.8 Å². The van der Waals surface area contributed by atoms with Crippen LogP contribution in [0.15, 0.2) is 30.6 Å². The number of likely N-dealkylation sites (tertiary alicyclic amines) is 1. The first-order chi connectivity index (χ1) is 18.7. The van der Waals surface area contributed by atoms with E-state index in [1.54, 1.807) is 4.90 Å². The zero-order valence-corrected chi connectivity index (χ0v) is 20.0. The number of hydrogen-bond donors (Lipinski definition) is 1. The number of carbonyl (C=O) groups is 1. The molecule has 0 spiro atoms. The monoisotopic (exact) mass is 543 g/mol.